The highest BCUT2D eigenvalue weighted by molar-refractivity contribution is 4.98. The van der Waals surface area contributed by atoms with Crippen molar-refractivity contribution in [1.29, 1.82) is 0 Å². The van der Waals surface area contributed by atoms with Crippen molar-refractivity contribution in [3.8, 4) is 11.8 Å². The fraction of sp³-hybridized carbons (Fsp3) is 0.846. The van der Waals surface area contributed by atoms with Gasteiger partial charge in [0.15, 0.2) is 0 Å². The SMILES string of the molecule is [CH2]CCCCCC#CCCCCCCC(CCCCCC[CH2])C(C)CC. The Hall–Kier alpha value is -0.440. The van der Waals surface area contributed by atoms with Crippen molar-refractivity contribution in [2.24, 2.45) is 11.8 Å². The third kappa shape index (κ3) is 17.0. The summed E-state index contributed by atoms with van der Waals surface area (Å²) in [6, 6.07) is 0. The van der Waals surface area contributed by atoms with Crippen LogP contribution in [-0.2, 0) is 0 Å². The Kier molecular flexibility index (Phi) is 20.5. The minimum atomic E-state index is 0.900. The molecule has 0 aromatic heterocycles. The van der Waals surface area contributed by atoms with Crippen molar-refractivity contribution in [2.45, 2.75) is 129 Å². The molecule has 0 bridgehead atoms. The topological polar surface area (TPSA) is 0 Å². The first-order valence-corrected chi connectivity index (χ1v) is 11.8. The zero-order valence-electron chi connectivity index (χ0n) is 18.3. The van der Waals surface area contributed by atoms with Crippen LogP contribution in [0.15, 0.2) is 0 Å². The van der Waals surface area contributed by atoms with E-state index in [4.69, 9.17) is 0 Å². The van der Waals surface area contributed by atoms with Crippen LogP contribution >= 0.6 is 0 Å². The lowest BCUT2D eigenvalue weighted by molar-refractivity contribution is 0.288. The van der Waals surface area contributed by atoms with Crippen molar-refractivity contribution in [3.63, 3.8) is 0 Å². The van der Waals surface area contributed by atoms with Crippen LogP contribution in [0.4, 0.5) is 0 Å². The normalized spacial score (nSPS) is 13.2. The second-order valence-corrected chi connectivity index (χ2v) is 8.17. The molecule has 0 N–H and O–H groups in total. The minimum absolute atomic E-state index is 0.900. The van der Waals surface area contributed by atoms with Gasteiger partial charge in [0, 0.05) is 12.8 Å². The first kappa shape index (κ1) is 25.6. The van der Waals surface area contributed by atoms with Crippen LogP contribution in [0.1, 0.15) is 129 Å². The molecule has 0 nitrogen and oxygen atoms in total. The quantitative estimate of drug-likeness (QED) is 0.169. The molecule has 0 rings (SSSR count). The summed E-state index contributed by atoms with van der Waals surface area (Å²) in [5.74, 6) is 8.56. The third-order valence-electron chi connectivity index (χ3n) is 5.83. The van der Waals surface area contributed by atoms with Crippen molar-refractivity contribution in [3.05, 3.63) is 13.8 Å². The lowest BCUT2D eigenvalue weighted by atomic mass is 9.83. The minimum Gasteiger partial charge on any atom is -0.103 e. The molecule has 0 aliphatic rings. The Balaban J connectivity index is 3.64. The summed E-state index contributed by atoms with van der Waals surface area (Å²) in [5, 5.41) is 0. The first-order chi connectivity index (χ1) is 12.8. The molecule has 0 saturated carbocycles. The van der Waals surface area contributed by atoms with E-state index in [9.17, 15) is 0 Å². The predicted molar refractivity (Wildman–Crippen MR) is 120 cm³/mol. The molecule has 0 fully saturated rings. The Morgan fingerprint density at radius 1 is 0.615 bits per heavy atom. The molecule has 2 atom stereocenters. The van der Waals surface area contributed by atoms with E-state index in [1.807, 2.05) is 0 Å². The fourth-order valence-corrected chi connectivity index (χ4v) is 3.70. The molecule has 152 valence electrons. The van der Waals surface area contributed by atoms with Gasteiger partial charge < -0.3 is 0 Å². The van der Waals surface area contributed by atoms with Gasteiger partial charge in [0.1, 0.15) is 0 Å². The number of hydrogen-bond acceptors (Lipinski definition) is 0. The van der Waals surface area contributed by atoms with E-state index < -0.39 is 0 Å². The van der Waals surface area contributed by atoms with Gasteiger partial charge >= 0.3 is 0 Å². The van der Waals surface area contributed by atoms with Gasteiger partial charge in [-0.2, -0.15) is 0 Å². The standard InChI is InChI=1S/C26H48/c1-5-8-10-12-13-14-15-16-17-18-20-22-24-26(25(4)7-3)23-21-19-11-9-6-2/h25-26H,1-2,5-13,16-24H2,3-4H3. The summed E-state index contributed by atoms with van der Waals surface area (Å²) in [4.78, 5) is 0. The van der Waals surface area contributed by atoms with E-state index in [0.717, 1.165) is 37.5 Å². The second-order valence-electron chi connectivity index (χ2n) is 8.17. The Labute approximate surface area is 167 Å². The number of hydrogen-bond donors (Lipinski definition) is 0. The zero-order chi connectivity index (χ0) is 19.3. The fourth-order valence-electron chi connectivity index (χ4n) is 3.70. The van der Waals surface area contributed by atoms with E-state index in [-0.39, 0.29) is 0 Å². The average Bonchev–Trinajstić information content (AvgIpc) is 2.66. The summed E-state index contributed by atoms with van der Waals surface area (Å²) >= 11 is 0. The molecule has 0 spiro atoms. The molecule has 0 aliphatic heterocycles. The molecule has 2 radical (unpaired) electrons. The average molecular weight is 361 g/mol. The van der Waals surface area contributed by atoms with Gasteiger partial charge in [-0.3, -0.25) is 0 Å². The van der Waals surface area contributed by atoms with Crippen LogP contribution in [0.25, 0.3) is 0 Å². The van der Waals surface area contributed by atoms with Gasteiger partial charge in [0.05, 0.1) is 0 Å². The lowest BCUT2D eigenvalue weighted by Crippen LogP contribution is -2.11. The van der Waals surface area contributed by atoms with Gasteiger partial charge in [-0.25, -0.2) is 0 Å². The Morgan fingerprint density at radius 2 is 1.04 bits per heavy atom. The summed E-state index contributed by atoms with van der Waals surface area (Å²) in [5.41, 5.74) is 0. The van der Waals surface area contributed by atoms with Gasteiger partial charge in [0.25, 0.3) is 0 Å². The van der Waals surface area contributed by atoms with Crippen LogP contribution in [0.2, 0.25) is 0 Å². The van der Waals surface area contributed by atoms with Gasteiger partial charge in [-0.05, 0) is 24.7 Å². The Morgan fingerprint density at radius 3 is 1.50 bits per heavy atom. The summed E-state index contributed by atoms with van der Waals surface area (Å²) in [6.45, 7) is 12.7. The van der Waals surface area contributed by atoms with Crippen LogP contribution < -0.4 is 0 Å². The molecular formula is C26H48. The number of unbranched alkanes of at least 4 members (excludes halogenated alkanes) is 12. The monoisotopic (exact) mass is 360 g/mol. The van der Waals surface area contributed by atoms with Crippen molar-refractivity contribution in [1.82, 2.24) is 0 Å². The van der Waals surface area contributed by atoms with Crippen molar-refractivity contribution in [2.75, 3.05) is 0 Å². The highest BCUT2D eigenvalue weighted by Gasteiger charge is 2.14. The molecule has 0 heterocycles. The Bertz CT molecular complexity index is 319. The van der Waals surface area contributed by atoms with Crippen LogP contribution in [0.5, 0.6) is 0 Å². The molecule has 26 heavy (non-hydrogen) atoms. The molecular weight excluding hydrogens is 312 g/mol. The molecule has 0 heteroatoms. The summed E-state index contributed by atoms with van der Waals surface area (Å²) < 4.78 is 0. The molecule has 0 saturated heterocycles. The lowest BCUT2D eigenvalue weighted by Gasteiger charge is -2.23. The van der Waals surface area contributed by atoms with Gasteiger partial charge in [-0.15, -0.1) is 11.8 Å². The highest BCUT2D eigenvalue weighted by atomic mass is 14.2. The largest absolute Gasteiger partial charge is 0.103 e. The van der Waals surface area contributed by atoms with E-state index in [0.29, 0.717) is 0 Å². The van der Waals surface area contributed by atoms with E-state index >= 15 is 0 Å². The molecule has 0 amide bonds. The second kappa shape index (κ2) is 20.9. The van der Waals surface area contributed by atoms with Gasteiger partial charge in [0.2, 0.25) is 0 Å². The smallest absolute Gasteiger partial charge is 0.00886 e. The maximum atomic E-state index is 3.95. The third-order valence-corrected chi connectivity index (χ3v) is 5.83. The highest BCUT2D eigenvalue weighted by Crippen LogP contribution is 2.27. The molecule has 0 aliphatic carbocycles. The van der Waals surface area contributed by atoms with E-state index in [1.54, 1.807) is 0 Å². The van der Waals surface area contributed by atoms with Crippen LogP contribution in [-0.4, -0.2) is 0 Å². The number of rotatable bonds is 18. The maximum Gasteiger partial charge on any atom is 0.00886 e. The molecule has 0 aromatic rings. The summed E-state index contributed by atoms with van der Waals surface area (Å²) in [6.07, 6.45) is 23.5. The first-order valence-electron chi connectivity index (χ1n) is 11.8. The van der Waals surface area contributed by atoms with Crippen LogP contribution in [0.3, 0.4) is 0 Å². The van der Waals surface area contributed by atoms with Gasteiger partial charge in [-0.1, -0.05) is 118 Å². The van der Waals surface area contributed by atoms with Crippen molar-refractivity contribution >= 4 is 0 Å². The molecule has 2 unspecified atom stereocenters. The summed E-state index contributed by atoms with van der Waals surface area (Å²) in [7, 11) is 0. The van der Waals surface area contributed by atoms with E-state index in [2.05, 4.69) is 39.5 Å². The maximum absolute atomic E-state index is 3.95. The molecule has 0 aromatic carbocycles. The van der Waals surface area contributed by atoms with Crippen molar-refractivity contribution < 1.29 is 0 Å². The van der Waals surface area contributed by atoms with E-state index in [1.165, 1.54) is 89.9 Å². The van der Waals surface area contributed by atoms with Crippen LogP contribution in [0, 0.1) is 37.5 Å². The predicted octanol–water partition coefficient (Wildman–Crippen LogP) is 8.95. The zero-order valence-corrected chi connectivity index (χ0v) is 18.3.